The minimum Gasteiger partial charge on any atom is -0.444 e. The Hall–Kier alpha value is -3.76. The average Bonchev–Trinajstić information content (AvgIpc) is 2.66. The highest BCUT2D eigenvalue weighted by Gasteiger charge is 2.32. The van der Waals surface area contributed by atoms with Crippen molar-refractivity contribution in [2.24, 2.45) is 0 Å². The summed E-state index contributed by atoms with van der Waals surface area (Å²) < 4.78 is 44.3. The van der Waals surface area contributed by atoms with Gasteiger partial charge in [-0.3, -0.25) is 5.32 Å². The van der Waals surface area contributed by atoms with Crippen molar-refractivity contribution in [1.82, 2.24) is 19.9 Å². The first-order valence-electron chi connectivity index (χ1n) is 9.12. The summed E-state index contributed by atoms with van der Waals surface area (Å²) >= 11 is 0. The number of nitrogens with zero attached hydrogens (tertiary/aromatic N) is 4. The predicted molar refractivity (Wildman–Crippen MR) is 108 cm³/mol. The number of pyridine rings is 1. The molecule has 0 unspecified atom stereocenters. The SMILES string of the molecule is CC(C)(C)OC(=O)Nc1nc(Nc2ccccc2)nc(-c2cccc(C(F)(F)F)n2)n1. The van der Waals surface area contributed by atoms with Crippen LogP contribution < -0.4 is 10.6 Å². The van der Waals surface area contributed by atoms with Crippen LogP contribution in [0.4, 0.5) is 35.5 Å². The predicted octanol–water partition coefficient (Wildman–Crippen LogP) is 5.04. The van der Waals surface area contributed by atoms with Gasteiger partial charge in [0.25, 0.3) is 0 Å². The van der Waals surface area contributed by atoms with Gasteiger partial charge in [-0.25, -0.2) is 9.78 Å². The van der Waals surface area contributed by atoms with Crippen LogP contribution in [0.25, 0.3) is 11.5 Å². The summed E-state index contributed by atoms with van der Waals surface area (Å²) in [7, 11) is 0. The molecule has 0 fully saturated rings. The summed E-state index contributed by atoms with van der Waals surface area (Å²) in [6, 6.07) is 12.2. The zero-order chi connectivity index (χ0) is 22.6. The lowest BCUT2D eigenvalue weighted by molar-refractivity contribution is -0.141. The molecule has 0 saturated heterocycles. The molecule has 0 aliphatic heterocycles. The number of hydrogen-bond donors (Lipinski definition) is 2. The molecule has 8 nitrogen and oxygen atoms in total. The number of carbonyl (C=O) groups excluding carboxylic acids is 1. The Morgan fingerprint density at radius 2 is 1.55 bits per heavy atom. The molecular formula is C20H19F3N6O2. The third-order valence-corrected chi connectivity index (χ3v) is 3.55. The van der Waals surface area contributed by atoms with Crippen molar-refractivity contribution in [3.8, 4) is 11.5 Å². The van der Waals surface area contributed by atoms with Crippen LogP contribution in [0.15, 0.2) is 48.5 Å². The molecule has 11 heteroatoms. The minimum atomic E-state index is -4.63. The average molecular weight is 432 g/mol. The van der Waals surface area contributed by atoms with Gasteiger partial charge in [0, 0.05) is 5.69 Å². The van der Waals surface area contributed by atoms with Gasteiger partial charge in [0.2, 0.25) is 11.9 Å². The Labute approximate surface area is 175 Å². The minimum absolute atomic E-state index is 0.00136. The molecule has 0 aliphatic carbocycles. The fourth-order valence-corrected chi connectivity index (χ4v) is 2.36. The first-order valence-corrected chi connectivity index (χ1v) is 9.12. The van der Waals surface area contributed by atoms with E-state index in [1.165, 1.54) is 12.1 Å². The second-order valence-electron chi connectivity index (χ2n) is 7.33. The highest BCUT2D eigenvalue weighted by molar-refractivity contribution is 5.83. The van der Waals surface area contributed by atoms with E-state index in [4.69, 9.17) is 4.74 Å². The second-order valence-corrected chi connectivity index (χ2v) is 7.33. The summed E-state index contributed by atoms with van der Waals surface area (Å²) in [6.07, 6.45) is -5.46. The Morgan fingerprint density at radius 3 is 2.19 bits per heavy atom. The van der Waals surface area contributed by atoms with Gasteiger partial charge >= 0.3 is 12.3 Å². The Kier molecular flexibility index (Phi) is 6.04. The molecule has 1 aromatic carbocycles. The third-order valence-electron chi connectivity index (χ3n) is 3.55. The molecule has 0 spiro atoms. The number of amides is 1. The number of aromatic nitrogens is 4. The summed E-state index contributed by atoms with van der Waals surface area (Å²) in [5, 5.41) is 5.28. The zero-order valence-electron chi connectivity index (χ0n) is 16.9. The van der Waals surface area contributed by atoms with Gasteiger partial charge in [0.05, 0.1) is 0 Å². The summed E-state index contributed by atoms with van der Waals surface area (Å²) in [5.74, 6) is -0.371. The molecule has 3 rings (SSSR count). The maximum Gasteiger partial charge on any atom is 0.433 e. The van der Waals surface area contributed by atoms with E-state index < -0.39 is 23.6 Å². The fraction of sp³-hybridized carbons (Fsp3) is 0.250. The van der Waals surface area contributed by atoms with Crippen LogP contribution in [0.3, 0.4) is 0 Å². The molecule has 0 saturated carbocycles. The van der Waals surface area contributed by atoms with Gasteiger partial charge < -0.3 is 10.1 Å². The number of alkyl halides is 3. The monoisotopic (exact) mass is 432 g/mol. The number of anilines is 3. The molecule has 2 N–H and O–H groups in total. The maximum atomic E-state index is 13.1. The number of carbonyl (C=O) groups is 1. The van der Waals surface area contributed by atoms with Crippen LogP contribution in [0.5, 0.6) is 0 Å². The first-order chi connectivity index (χ1) is 14.5. The molecular weight excluding hydrogens is 413 g/mol. The van der Waals surface area contributed by atoms with Crippen LogP contribution in [0.2, 0.25) is 0 Å². The van der Waals surface area contributed by atoms with Gasteiger partial charge in [-0.2, -0.15) is 28.1 Å². The topological polar surface area (TPSA) is 102 Å². The normalized spacial score (nSPS) is 11.7. The molecule has 2 aromatic heterocycles. The summed E-state index contributed by atoms with van der Waals surface area (Å²) in [5.41, 5.74) is -1.38. The Balaban J connectivity index is 1.99. The fourth-order valence-electron chi connectivity index (χ4n) is 2.36. The van der Waals surface area contributed by atoms with E-state index in [-0.39, 0.29) is 23.4 Å². The smallest absolute Gasteiger partial charge is 0.433 e. The van der Waals surface area contributed by atoms with Crippen molar-refractivity contribution in [3.63, 3.8) is 0 Å². The van der Waals surface area contributed by atoms with Crippen LogP contribution in [-0.4, -0.2) is 31.6 Å². The van der Waals surface area contributed by atoms with Crippen molar-refractivity contribution in [2.75, 3.05) is 10.6 Å². The van der Waals surface area contributed by atoms with Gasteiger partial charge in [0.15, 0.2) is 5.82 Å². The van der Waals surface area contributed by atoms with E-state index in [0.29, 0.717) is 5.69 Å². The van der Waals surface area contributed by atoms with Gasteiger partial charge in [-0.15, -0.1) is 0 Å². The second kappa shape index (κ2) is 8.54. The Morgan fingerprint density at radius 1 is 0.871 bits per heavy atom. The largest absolute Gasteiger partial charge is 0.444 e. The molecule has 31 heavy (non-hydrogen) atoms. The third kappa shape index (κ3) is 6.36. The number of halogens is 3. The number of rotatable bonds is 4. The number of para-hydroxylation sites is 1. The van der Waals surface area contributed by atoms with E-state index in [0.717, 1.165) is 6.07 Å². The lowest BCUT2D eigenvalue weighted by Crippen LogP contribution is -2.28. The van der Waals surface area contributed by atoms with E-state index in [2.05, 4.69) is 30.6 Å². The summed E-state index contributed by atoms with van der Waals surface area (Å²) in [4.78, 5) is 28.0. The number of nitrogens with one attached hydrogen (secondary N) is 2. The van der Waals surface area contributed by atoms with Crippen LogP contribution in [0, 0.1) is 0 Å². The van der Waals surface area contributed by atoms with E-state index >= 15 is 0 Å². The lowest BCUT2D eigenvalue weighted by atomic mass is 10.2. The molecule has 3 aromatic rings. The zero-order valence-corrected chi connectivity index (χ0v) is 16.9. The van der Waals surface area contributed by atoms with E-state index in [9.17, 15) is 18.0 Å². The van der Waals surface area contributed by atoms with Crippen molar-refractivity contribution in [1.29, 1.82) is 0 Å². The summed E-state index contributed by atoms with van der Waals surface area (Å²) in [6.45, 7) is 5.04. The molecule has 0 aliphatic rings. The van der Waals surface area contributed by atoms with Crippen molar-refractivity contribution in [2.45, 2.75) is 32.5 Å². The van der Waals surface area contributed by atoms with Crippen molar-refractivity contribution in [3.05, 3.63) is 54.2 Å². The Bertz CT molecular complexity index is 1070. The van der Waals surface area contributed by atoms with Crippen molar-refractivity contribution >= 4 is 23.7 Å². The molecule has 2 heterocycles. The van der Waals surface area contributed by atoms with Gasteiger partial charge in [-0.1, -0.05) is 24.3 Å². The van der Waals surface area contributed by atoms with Gasteiger partial charge in [0.1, 0.15) is 17.0 Å². The lowest BCUT2D eigenvalue weighted by Gasteiger charge is -2.19. The van der Waals surface area contributed by atoms with Crippen LogP contribution in [0.1, 0.15) is 26.5 Å². The first kappa shape index (κ1) is 21.9. The highest BCUT2D eigenvalue weighted by atomic mass is 19.4. The quantitative estimate of drug-likeness (QED) is 0.595. The van der Waals surface area contributed by atoms with Crippen molar-refractivity contribution < 1.29 is 22.7 Å². The van der Waals surface area contributed by atoms with Crippen LogP contribution >= 0.6 is 0 Å². The molecule has 0 radical (unpaired) electrons. The maximum absolute atomic E-state index is 13.1. The van der Waals surface area contributed by atoms with E-state index in [1.807, 2.05) is 6.07 Å². The van der Waals surface area contributed by atoms with Gasteiger partial charge in [-0.05, 0) is 45.0 Å². The van der Waals surface area contributed by atoms with E-state index in [1.54, 1.807) is 45.0 Å². The van der Waals surface area contributed by atoms with Crippen LogP contribution in [-0.2, 0) is 10.9 Å². The number of benzene rings is 1. The molecule has 1 amide bonds. The molecule has 0 bridgehead atoms. The molecule has 0 atom stereocenters. The number of ether oxygens (including phenoxy) is 1. The highest BCUT2D eigenvalue weighted by Crippen LogP contribution is 2.29. The standard InChI is InChI=1S/C20H19F3N6O2/c1-19(2,3)31-18(30)29-17-27-15(13-10-7-11-14(25-13)20(21,22)23)26-16(28-17)24-12-8-5-4-6-9-12/h4-11H,1-3H3,(H2,24,26,27,28,29,30). The number of hydrogen-bond acceptors (Lipinski definition) is 7. The molecule has 162 valence electrons.